The van der Waals surface area contributed by atoms with Crippen molar-refractivity contribution >= 4 is 11.3 Å². The highest BCUT2D eigenvalue weighted by atomic mass is 15.3. The molecule has 4 heteroatoms. The lowest BCUT2D eigenvalue weighted by Crippen LogP contribution is -2.04. The minimum absolute atomic E-state index is 0.561. The lowest BCUT2D eigenvalue weighted by Gasteiger charge is -2.01. The summed E-state index contributed by atoms with van der Waals surface area (Å²) in [5, 5.41) is 4.34. The number of aryl methyl sites for hydroxylation is 3. The van der Waals surface area contributed by atoms with E-state index in [1.54, 1.807) is 0 Å². The average Bonchev–Trinajstić information content (AvgIpc) is 2.31. The zero-order chi connectivity index (χ0) is 10.5. The summed E-state index contributed by atoms with van der Waals surface area (Å²) in [7, 11) is 0. The predicted molar refractivity (Wildman–Crippen MR) is 56.3 cm³/mol. The molecule has 0 spiro atoms. The topological polar surface area (TPSA) is 56.2 Å². The van der Waals surface area contributed by atoms with E-state index in [4.69, 9.17) is 5.73 Å². The summed E-state index contributed by atoms with van der Waals surface area (Å²) >= 11 is 0. The second kappa shape index (κ2) is 2.70. The largest absolute Gasteiger partial charge is 0.382 e. The Labute approximate surface area is 82.8 Å². The Morgan fingerprint density at radius 3 is 2.36 bits per heavy atom. The van der Waals surface area contributed by atoms with E-state index in [1.165, 1.54) is 11.1 Å². The van der Waals surface area contributed by atoms with Gasteiger partial charge in [-0.3, -0.25) is 0 Å². The molecule has 4 nitrogen and oxygen atoms in total. The van der Waals surface area contributed by atoms with Gasteiger partial charge in [0.15, 0.2) is 5.82 Å². The number of hydrogen-bond donors (Lipinski definition) is 1. The third kappa shape index (κ3) is 0.999. The molecular weight excluding hydrogens is 176 g/mol. The zero-order valence-electron chi connectivity index (χ0n) is 8.92. The molecule has 0 fully saturated rings. The first-order chi connectivity index (χ1) is 6.52. The monoisotopic (exact) mass is 190 g/mol. The van der Waals surface area contributed by atoms with Crippen LogP contribution >= 0.6 is 0 Å². The molecule has 0 saturated heterocycles. The van der Waals surface area contributed by atoms with E-state index in [9.17, 15) is 0 Å². The summed E-state index contributed by atoms with van der Waals surface area (Å²) in [6.07, 6.45) is 0. The van der Waals surface area contributed by atoms with Crippen LogP contribution in [0.2, 0.25) is 0 Å². The second-order valence-corrected chi connectivity index (χ2v) is 3.64. The highest BCUT2D eigenvalue weighted by molar-refractivity contribution is 5.72. The van der Waals surface area contributed by atoms with E-state index in [2.05, 4.69) is 17.0 Å². The molecule has 0 radical (unpaired) electrons. The molecule has 0 aliphatic heterocycles. The summed E-state index contributed by atoms with van der Waals surface area (Å²) < 4.78 is 1.88. The molecule has 0 unspecified atom stereocenters. The van der Waals surface area contributed by atoms with Crippen molar-refractivity contribution < 1.29 is 0 Å². The van der Waals surface area contributed by atoms with Gasteiger partial charge in [0.1, 0.15) is 11.3 Å². The van der Waals surface area contributed by atoms with Crippen molar-refractivity contribution in [2.24, 2.45) is 0 Å². The standard InChI is InChI=1S/C10H14N4/c1-5-6(2)9-10(11)12-8(4)13-14(9)7(5)3/h1-4H3,(H2,11,12,13). The normalized spacial score (nSPS) is 11.1. The summed E-state index contributed by atoms with van der Waals surface area (Å²) in [5.74, 6) is 1.26. The van der Waals surface area contributed by atoms with Crippen LogP contribution in [0.5, 0.6) is 0 Å². The van der Waals surface area contributed by atoms with Crippen LogP contribution in [-0.2, 0) is 0 Å². The van der Waals surface area contributed by atoms with Crippen LogP contribution < -0.4 is 5.73 Å². The summed E-state index contributed by atoms with van der Waals surface area (Å²) in [4.78, 5) is 4.16. The molecule has 2 aromatic heterocycles. The van der Waals surface area contributed by atoms with Crippen molar-refractivity contribution in [2.45, 2.75) is 27.7 Å². The van der Waals surface area contributed by atoms with Crippen molar-refractivity contribution in [3.05, 3.63) is 22.6 Å². The number of hydrogen-bond acceptors (Lipinski definition) is 3. The molecule has 0 atom stereocenters. The molecule has 0 aliphatic carbocycles. The SMILES string of the molecule is Cc1nc(N)c2c(C)c(C)c(C)n2n1. The third-order valence-corrected chi connectivity index (χ3v) is 2.76. The van der Waals surface area contributed by atoms with Gasteiger partial charge in [-0.1, -0.05) is 0 Å². The Bertz CT molecular complexity index is 511. The van der Waals surface area contributed by atoms with Crippen LogP contribution in [0.3, 0.4) is 0 Å². The van der Waals surface area contributed by atoms with Crippen LogP contribution in [0.15, 0.2) is 0 Å². The zero-order valence-corrected chi connectivity index (χ0v) is 8.92. The van der Waals surface area contributed by atoms with E-state index in [0.29, 0.717) is 11.6 Å². The molecule has 2 heterocycles. The minimum Gasteiger partial charge on any atom is -0.382 e. The molecule has 14 heavy (non-hydrogen) atoms. The van der Waals surface area contributed by atoms with E-state index in [0.717, 1.165) is 11.2 Å². The maximum Gasteiger partial charge on any atom is 0.151 e. The van der Waals surface area contributed by atoms with E-state index in [1.807, 2.05) is 25.3 Å². The lowest BCUT2D eigenvalue weighted by atomic mass is 10.2. The van der Waals surface area contributed by atoms with Crippen LogP contribution in [0, 0.1) is 27.7 Å². The molecule has 0 saturated carbocycles. The molecule has 2 aromatic rings. The van der Waals surface area contributed by atoms with Gasteiger partial charge in [-0.05, 0) is 38.8 Å². The first-order valence-corrected chi connectivity index (χ1v) is 4.61. The fourth-order valence-corrected chi connectivity index (χ4v) is 1.75. The van der Waals surface area contributed by atoms with Gasteiger partial charge < -0.3 is 5.73 Å². The Kier molecular flexibility index (Phi) is 1.74. The van der Waals surface area contributed by atoms with Gasteiger partial charge in [-0.2, -0.15) is 5.10 Å². The summed E-state index contributed by atoms with van der Waals surface area (Å²) in [6, 6.07) is 0. The smallest absolute Gasteiger partial charge is 0.151 e. The Hall–Kier alpha value is -1.58. The lowest BCUT2D eigenvalue weighted by molar-refractivity contribution is 0.833. The third-order valence-electron chi connectivity index (χ3n) is 2.76. The summed E-state index contributed by atoms with van der Waals surface area (Å²) in [6.45, 7) is 8.02. The van der Waals surface area contributed by atoms with Crippen LogP contribution in [0.4, 0.5) is 5.82 Å². The van der Waals surface area contributed by atoms with Crippen LogP contribution in [0.1, 0.15) is 22.6 Å². The van der Waals surface area contributed by atoms with Gasteiger partial charge in [0, 0.05) is 5.69 Å². The number of nitrogens with zero attached hydrogens (tertiary/aromatic N) is 3. The van der Waals surface area contributed by atoms with Gasteiger partial charge >= 0.3 is 0 Å². The van der Waals surface area contributed by atoms with E-state index >= 15 is 0 Å². The van der Waals surface area contributed by atoms with Crippen molar-refractivity contribution in [1.29, 1.82) is 0 Å². The minimum atomic E-state index is 0.561. The number of nitrogen functional groups attached to an aromatic ring is 1. The van der Waals surface area contributed by atoms with Crippen molar-refractivity contribution in [1.82, 2.24) is 14.6 Å². The second-order valence-electron chi connectivity index (χ2n) is 3.64. The average molecular weight is 190 g/mol. The van der Waals surface area contributed by atoms with Crippen molar-refractivity contribution in [3.63, 3.8) is 0 Å². The summed E-state index contributed by atoms with van der Waals surface area (Å²) in [5.41, 5.74) is 10.3. The number of rotatable bonds is 0. The van der Waals surface area contributed by atoms with Gasteiger partial charge in [-0.15, -0.1) is 0 Å². The highest BCUT2D eigenvalue weighted by Crippen LogP contribution is 2.23. The van der Waals surface area contributed by atoms with Gasteiger partial charge in [0.05, 0.1) is 0 Å². The molecule has 2 rings (SSSR count). The van der Waals surface area contributed by atoms with Gasteiger partial charge in [-0.25, -0.2) is 9.50 Å². The molecule has 74 valence electrons. The van der Waals surface area contributed by atoms with Crippen LogP contribution in [0.25, 0.3) is 5.52 Å². The van der Waals surface area contributed by atoms with Crippen molar-refractivity contribution in [3.8, 4) is 0 Å². The fourth-order valence-electron chi connectivity index (χ4n) is 1.75. The van der Waals surface area contributed by atoms with Gasteiger partial charge in [0.2, 0.25) is 0 Å². The van der Waals surface area contributed by atoms with Crippen LogP contribution in [-0.4, -0.2) is 14.6 Å². The first-order valence-electron chi connectivity index (χ1n) is 4.61. The van der Waals surface area contributed by atoms with Crippen molar-refractivity contribution in [2.75, 3.05) is 5.73 Å². The Morgan fingerprint density at radius 2 is 1.71 bits per heavy atom. The highest BCUT2D eigenvalue weighted by Gasteiger charge is 2.12. The molecule has 2 N–H and O–H groups in total. The maximum absolute atomic E-state index is 5.87. The number of anilines is 1. The molecule has 0 aromatic carbocycles. The maximum atomic E-state index is 5.87. The Balaban J connectivity index is 3.02. The fraction of sp³-hybridized carbons (Fsp3) is 0.400. The van der Waals surface area contributed by atoms with E-state index in [-0.39, 0.29) is 0 Å². The van der Waals surface area contributed by atoms with E-state index < -0.39 is 0 Å². The number of nitrogens with two attached hydrogens (primary N) is 1. The number of fused-ring (bicyclic) bond motifs is 1. The molecule has 0 amide bonds. The number of aromatic nitrogens is 3. The molecular formula is C10H14N4. The van der Waals surface area contributed by atoms with Gasteiger partial charge in [0.25, 0.3) is 0 Å². The molecule has 0 aliphatic rings. The quantitative estimate of drug-likeness (QED) is 0.685. The molecule has 0 bridgehead atoms. The Morgan fingerprint density at radius 1 is 1.07 bits per heavy atom. The first kappa shape index (κ1) is 8.99. The predicted octanol–water partition coefficient (Wildman–Crippen LogP) is 1.55.